The monoisotopic (exact) mass is 157 g/mol. The zero-order valence-electron chi connectivity index (χ0n) is 7.08. The van der Waals surface area contributed by atoms with Crippen LogP contribution in [0.3, 0.4) is 0 Å². The maximum Gasteiger partial charge on any atom is 0.225 e. The topological polar surface area (TPSA) is 40.5 Å². The van der Waals surface area contributed by atoms with E-state index in [0.717, 1.165) is 6.42 Å². The standard InChI is InChI=1S/C8H15NO2/c1-3-6(2)9-7(10)4-5-8(9)11/h6-7,10H,3-5H2,1-2H3/t6-,7-/m0/s1. The van der Waals surface area contributed by atoms with Gasteiger partial charge in [0.25, 0.3) is 0 Å². The van der Waals surface area contributed by atoms with Crippen LogP contribution in [0.1, 0.15) is 33.1 Å². The van der Waals surface area contributed by atoms with Gasteiger partial charge >= 0.3 is 0 Å². The molecule has 0 bridgehead atoms. The normalized spacial score (nSPS) is 27.7. The predicted molar refractivity (Wildman–Crippen MR) is 41.8 cm³/mol. The van der Waals surface area contributed by atoms with E-state index in [9.17, 15) is 9.90 Å². The van der Waals surface area contributed by atoms with Gasteiger partial charge in [-0.3, -0.25) is 4.79 Å². The maximum atomic E-state index is 11.2. The van der Waals surface area contributed by atoms with Gasteiger partial charge in [0.05, 0.1) is 0 Å². The summed E-state index contributed by atoms with van der Waals surface area (Å²) in [5, 5.41) is 9.37. The van der Waals surface area contributed by atoms with Crippen molar-refractivity contribution < 1.29 is 9.90 Å². The number of aliphatic hydroxyl groups excluding tert-OH is 1. The molecule has 3 nitrogen and oxygen atoms in total. The molecule has 0 aromatic carbocycles. The smallest absolute Gasteiger partial charge is 0.225 e. The van der Waals surface area contributed by atoms with Crippen LogP contribution in [0.25, 0.3) is 0 Å². The van der Waals surface area contributed by atoms with E-state index in [1.54, 1.807) is 4.90 Å². The van der Waals surface area contributed by atoms with Crippen LogP contribution < -0.4 is 0 Å². The zero-order chi connectivity index (χ0) is 8.43. The van der Waals surface area contributed by atoms with Crippen molar-refractivity contribution in [3.63, 3.8) is 0 Å². The summed E-state index contributed by atoms with van der Waals surface area (Å²) in [5.41, 5.74) is 0. The first-order valence-corrected chi connectivity index (χ1v) is 4.16. The molecule has 2 atom stereocenters. The third-order valence-corrected chi connectivity index (χ3v) is 2.29. The van der Waals surface area contributed by atoms with E-state index in [-0.39, 0.29) is 11.9 Å². The molecule has 1 fully saturated rings. The molecular weight excluding hydrogens is 142 g/mol. The van der Waals surface area contributed by atoms with Crippen LogP contribution in [0.15, 0.2) is 0 Å². The minimum Gasteiger partial charge on any atom is -0.374 e. The number of likely N-dealkylation sites (tertiary alicyclic amines) is 1. The Hall–Kier alpha value is -0.570. The summed E-state index contributed by atoms with van der Waals surface area (Å²) in [6, 6.07) is 0.181. The number of aliphatic hydroxyl groups is 1. The molecule has 64 valence electrons. The van der Waals surface area contributed by atoms with E-state index in [4.69, 9.17) is 0 Å². The van der Waals surface area contributed by atoms with Crippen LogP contribution in [0, 0.1) is 0 Å². The fraction of sp³-hybridized carbons (Fsp3) is 0.875. The summed E-state index contributed by atoms with van der Waals surface area (Å²) in [5.74, 6) is 0.0897. The highest BCUT2D eigenvalue weighted by Gasteiger charge is 2.31. The molecule has 0 radical (unpaired) electrons. The lowest BCUT2D eigenvalue weighted by molar-refractivity contribution is -0.136. The minimum absolute atomic E-state index is 0.0897. The Morgan fingerprint density at radius 3 is 2.82 bits per heavy atom. The van der Waals surface area contributed by atoms with Gasteiger partial charge in [-0.25, -0.2) is 0 Å². The largest absolute Gasteiger partial charge is 0.374 e. The molecular formula is C8H15NO2. The number of carbonyl (C=O) groups is 1. The Morgan fingerprint density at radius 2 is 2.45 bits per heavy atom. The number of amides is 1. The van der Waals surface area contributed by atoms with Crippen LogP contribution in [-0.2, 0) is 4.79 Å². The first-order chi connectivity index (χ1) is 5.16. The predicted octanol–water partition coefficient (Wildman–Crippen LogP) is 0.726. The van der Waals surface area contributed by atoms with Crippen molar-refractivity contribution in [3.05, 3.63) is 0 Å². The molecule has 0 spiro atoms. The van der Waals surface area contributed by atoms with Gasteiger partial charge in [-0.15, -0.1) is 0 Å². The molecule has 1 aliphatic heterocycles. The second-order valence-electron chi connectivity index (χ2n) is 3.08. The number of nitrogens with zero attached hydrogens (tertiary/aromatic N) is 1. The second-order valence-corrected chi connectivity index (χ2v) is 3.08. The Bertz CT molecular complexity index is 158. The van der Waals surface area contributed by atoms with Gasteiger partial charge in [-0.2, -0.15) is 0 Å². The fourth-order valence-corrected chi connectivity index (χ4v) is 1.42. The first-order valence-electron chi connectivity index (χ1n) is 4.16. The molecule has 3 heteroatoms. The molecule has 0 unspecified atom stereocenters. The van der Waals surface area contributed by atoms with E-state index >= 15 is 0 Å². The molecule has 1 rings (SSSR count). The molecule has 1 heterocycles. The Kier molecular flexibility index (Phi) is 2.49. The minimum atomic E-state index is -0.530. The Morgan fingerprint density at radius 1 is 1.82 bits per heavy atom. The van der Waals surface area contributed by atoms with Crippen LogP contribution in [0.4, 0.5) is 0 Å². The zero-order valence-corrected chi connectivity index (χ0v) is 7.08. The van der Waals surface area contributed by atoms with Gasteiger partial charge in [-0.05, 0) is 13.3 Å². The lowest BCUT2D eigenvalue weighted by Gasteiger charge is -2.26. The van der Waals surface area contributed by atoms with Crippen LogP contribution in [0.2, 0.25) is 0 Å². The van der Waals surface area contributed by atoms with Gasteiger partial charge in [0.15, 0.2) is 0 Å². The lowest BCUT2D eigenvalue weighted by atomic mass is 10.2. The Labute approximate surface area is 67.0 Å². The van der Waals surface area contributed by atoms with E-state index < -0.39 is 6.23 Å². The molecule has 1 aliphatic rings. The van der Waals surface area contributed by atoms with E-state index in [1.807, 2.05) is 13.8 Å². The second kappa shape index (κ2) is 3.22. The van der Waals surface area contributed by atoms with E-state index in [1.165, 1.54) is 0 Å². The summed E-state index contributed by atoms with van der Waals surface area (Å²) in [7, 11) is 0. The highest BCUT2D eigenvalue weighted by Crippen LogP contribution is 2.20. The number of hydrogen-bond acceptors (Lipinski definition) is 2. The van der Waals surface area contributed by atoms with Crippen molar-refractivity contribution in [2.75, 3.05) is 0 Å². The van der Waals surface area contributed by atoms with Gasteiger partial charge in [-0.1, -0.05) is 6.92 Å². The SMILES string of the molecule is CC[C@H](C)N1C(=O)CC[C@@H]1O. The average Bonchev–Trinajstić information content (AvgIpc) is 2.30. The van der Waals surface area contributed by atoms with Crippen molar-refractivity contribution in [2.24, 2.45) is 0 Å². The molecule has 1 N–H and O–H groups in total. The van der Waals surface area contributed by atoms with E-state index in [2.05, 4.69) is 0 Å². The van der Waals surface area contributed by atoms with Crippen molar-refractivity contribution in [1.29, 1.82) is 0 Å². The van der Waals surface area contributed by atoms with Gasteiger partial charge < -0.3 is 10.0 Å². The third kappa shape index (κ3) is 1.53. The summed E-state index contributed by atoms with van der Waals surface area (Å²) in [4.78, 5) is 12.7. The highest BCUT2D eigenvalue weighted by atomic mass is 16.3. The lowest BCUT2D eigenvalue weighted by Crippen LogP contribution is -2.39. The average molecular weight is 157 g/mol. The molecule has 0 aromatic heterocycles. The number of rotatable bonds is 2. The first kappa shape index (κ1) is 8.53. The quantitative estimate of drug-likeness (QED) is 0.641. The number of hydrogen-bond donors (Lipinski definition) is 1. The number of carbonyl (C=O) groups excluding carboxylic acids is 1. The molecule has 0 saturated carbocycles. The summed E-state index contributed by atoms with van der Waals surface area (Å²) in [6.45, 7) is 3.98. The van der Waals surface area contributed by atoms with Crippen LogP contribution in [0.5, 0.6) is 0 Å². The summed E-state index contributed by atoms with van der Waals surface area (Å²) < 4.78 is 0. The van der Waals surface area contributed by atoms with Crippen molar-refractivity contribution >= 4 is 5.91 Å². The van der Waals surface area contributed by atoms with Gasteiger partial charge in [0.1, 0.15) is 6.23 Å². The fourth-order valence-electron chi connectivity index (χ4n) is 1.42. The van der Waals surface area contributed by atoms with Crippen LogP contribution in [-0.4, -0.2) is 28.2 Å². The Balaban J connectivity index is 2.60. The molecule has 0 aliphatic carbocycles. The van der Waals surface area contributed by atoms with Gasteiger partial charge in [0, 0.05) is 18.9 Å². The summed E-state index contributed by atoms with van der Waals surface area (Å²) in [6.07, 6.45) is 1.48. The molecule has 1 saturated heterocycles. The van der Waals surface area contributed by atoms with Crippen molar-refractivity contribution in [2.45, 2.75) is 45.4 Å². The third-order valence-electron chi connectivity index (χ3n) is 2.29. The van der Waals surface area contributed by atoms with Crippen molar-refractivity contribution in [1.82, 2.24) is 4.90 Å². The molecule has 0 aromatic rings. The van der Waals surface area contributed by atoms with Crippen molar-refractivity contribution in [3.8, 4) is 0 Å². The van der Waals surface area contributed by atoms with Crippen LogP contribution >= 0.6 is 0 Å². The molecule has 1 amide bonds. The van der Waals surface area contributed by atoms with Gasteiger partial charge in [0.2, 0.25) is 5.91 Å². The highest BCUT2D eigenvalue weighted by molar-refractivity contribution is 5.78. The summed E-state index contributed by atoms with van der Waals surface area (Å²) >= 11 is 0. The molecule has 11 heavy (non-hydrogen) atoms. The maximum absolute atomic E-state index is 11.2. The van der Waals surface area contributed by atoms with E-state index in [0.29, 0.717) is 12.8 Å².